The molecule has 144 valence electrons. The molecule has 28 heavy (non-hydrogen) atoms. The smallest absolute Gasteiger partial charge is 0.237 e. The largest absolute Gasteiger partial charge is 0.325 e. The lowest BCUT2D eigenvalue weighted by Gasteiger charge is -2.14. The summed E-state index contributed by atoms with van der Waals surface area (Å²) in [6, 6.07) is 24.9. The number of amides is 1. The van der Waals surface area contributed by atoms with E-state index in [0.717, 1.165) is 21.9 Å². The van der Waals surface area contributed by atoms with Gasteiger partial charge in [-0.3, -0.25) is 4.79 Å². The van der Waals surface area contributed by atoms with Crippen LogP contribution in [-0.4, -0.2) is 11.2 Å². The highest BCUT2D eigenvalue weighted by atomic mass is 32.2. The molecular weight excluding hydrogens is 382 g/mol. The van der Waals surface area contributed by atoms with E-state index in [0.29, 0.717) is 0 Å². The molecule has 0 heterocycles. The topological polar surface area (TPSA) is 29.1 Å². The Morgan fingerprint density at radius 2 is 1.64 bits per heavy atom. The van der Waals surface area contributed by atoms with E-state index in [4.69, 9.17) is 0 Å². The van der Waals surface area contributed by atoms with Gasteiger partial charge in [0.2, 0.25) is 5.91 Å². The highest BCUT2D eigenvalue weighted by Gasteiger charge is 2.15. The van der Waals surface area contributed by atoms with Gasteiger partial charge in [-0.05, 0) is 62.2 Å². The first-order valence-electron chi connectivity index (χ1n) is 9.33. The van der Waals surface area contributed by atoms with Crippen molar-refractivity contribution in [3.05, 3.63) is 89.5 Å². The van der Waals surface area contributed by atoms with Crippen LogP contribution in [0.2, 0.25) is 0 Å². The van der Waals surface area contributed by atoms with Crippen LogP contribution in [0.5, 0.6) is 0 Å². The molecule has 0 fully saturated rings. The Morgan fingerprint density at radius 3 is 2.32 bits per heavy atom. The van der Waals surface area contributed by atoms with E-state index in [1.54, 1.807) is 11.8 Å². The summed E-state index contributed by atoms with van der Waals surface area (Å²) in [5.74, 6) is 0.943. The van der Waals surface area contributed by atoms with E-state index >= 15 is 0 Å². The maximum atomic E-state index is 12.6. The number of nitrogens with one attached hydrogen (secondary N) is 1. The van der Waals surface area contributed by atoms with E-state index < -0.39 is 0 Å². The van der Waals surface area contributed by atoms with Crippen LogP contribution in [0.15, 0.2) is 82.6 Å². The van der Waals surface area contributed by atoms with Crippen molar-refractivity contribution in [3.8, 4) is 0 Å². The van der Waals surface area contributed by atoms with Gasteiger partial charge in [-0.25, -0.2) is 0 Å². The van der Waals surface area contributed by atoms with Crippen molar-refractivity contribution in [2.45, 2.75) is 41.6 Å². The molecule has 3 aromatic rings. The lowest BCUT2D eigenvalue weighted by Crippen LogP contribution is -2.22. The third-order valence-corrected chi connectivity index (χ3v) is 6.60. The standard InChI is InChI=1S/C24H25NOS2/c1-17-9-12-22(13-10-17)28-19(3)24(26)25-23-14-11-20(15-18(23)2)16-27-21-7-5-4-6-8-21/h4-15,19H,16H2,1-3H3,(H,25,26)/t19-/m1/s1. The summed E-state index contributed by atoms with van der Waals surface area (Å²) in [5.41, 5.74) is 4.45. The van der Waals surface area contributed by atoms with Crippen molar-refractivity contribution >= 4 is 35.1 Å². The molecule has 0 radical (unpaired) electrons. The van der Waals surface area contributed by atoms with Crippen molar-refractivity contribution in [1.29, 1.82) is 0 Å². The Kier molecular flexibility index (Phi) is 7.24. The van der Waals surface area contributed by atoms with Crippen LogP contribution in [0.4, 0.5) is 5.69 Å². The van der Waals surface area contributed by atoms with Gasteiger partial charge in [0, 0.05) is 21.2 Å². The molecule has 0 unspecified atom stereocenters. The second-order valence-electron chi connectivity index (χ2n) is 6.81. The molecule has 0 bridgehead atoms. The third-order valence-electron chi connectivity index (χ3n) is 4.40. The molecule has 3 aromatic carbocycles. The number of aryl methyl sites for hydroxylation is 2. The fraction of sp³-hybridized carbons (Fsp3) is 0.208. The van der Waals surface area contributed by atoms with Gasteiger partial charge in [0.15, 0.2) is 0 Å². The van der Waals surface area contributed by atoms with E-state index in [2.05, 4.69) is 72.9 Å². The molecule has 4 heteroatoms. The second-order valence-corrected chi connectivity index (χ2v) is 9.28. The number of anilines is 1. The van der Waals surface area contributed by atoms with Gasteiger partial charge in [0.1, 0.15) is 0 Å². The molecule has 0 aliphatic heterocycles. The number of carbonyl (C=O) groups excluding carboxylic acids is 1. The molecule has 3 rings (SSSR count). The number of hydrogen-bond acceptors (Lipinski definition) is 3. The lowest BCUT2D eigenvalue weighted by atomic mass is 10.1. The van der Waals surface area contributed by atoms with Gasteiger partial charge in [-0.2, -0.15) is 0 Å². The first-order valence-corrected chi connectivity index (χ1v) is 11.2. The van der Waals surface area contributed by atoms with E-state index in [9.17, 15) is 4.79 Å². The molecule has 0 saturated carbocycles. The number of rotatable bonds is 7. The van der Waals surface area contributed by atoms with Crippen LogP contribution in [0.3, 0.4) is 0 Å². The Bertz CT molecular complexity index is 923. The van der Waals surface area contributed by atoms with Gasteiger partial charge >= 0.3 is 0 Å². The summed E-state index contributed by atoms with van der Waals surface area (Å²) in [5, 5.41) is 2.92. The Hall–Kier alpha value is -2.17. The minimum atomic E-state index is -0.157. The third kappa shape index (κ3) is 5.91. The van der Waals surface area contributed by atoms with Crippen molar-refractivity contribution in [2.75, 3.05) is 5.32 Å². The fourth-order valence-electron chi connectivity index (χ4n) is 2.75. The lowest BCUT2D eigenvalue weighted by molar-refractivity contribution is -0.115. The summed E-state index contributed by atoms with van der Waals surface area (Å²) in [6.07, 6.45) is 0. The number of carbonyl (C=O) groups is 1. The average molecular weight is 408 g/mol. The molecular formula is C24H25NOS2. The molecule has 0 aliphatic carbocycles. The predicted molar refractivity (Wildman–Crippen MR) is 122 cm³/mol. The molecule has 1 N–H and O–H groups in total. The molecule has 0 spiro atoms. The average Bonchev–Trinajstić information content (AvgIpc) is 2.70. The zero-order valence-electron chi connectivity index (χ0n) is 16.4. The zero-order valence-corrected chi connectivity index (χ0v) is 18.1. The van der Waals surface area contributed by atoms with Crippen LogP contribution >= 0.6 is 23.5 Å². The highest BCUT2D eigenvalue weighted by Crippen LogP contribution is 2.27. The van der Waals surface area contributed by atoms with Crippen LogP contribution in [0, 0.1) is 13.8 Å². The maximum absolute atomic E-state index is 12.6. The normalized spacial score (nSPS) is 11.8. The molecule has 1 atom stereocenters. The summed E-state index contributed by atoms with van der Waals surface area (Å²) in [4.78, 5) is 15.0. The minimum absolute atomic E-state index is 0.0279. The van der Waals surface area contributed by atoms with Gasteiger partial charge in [0.05, 0.1) is 5.25 Å². The monoisotopic (exact) mass is 407 g/mol. The minimum Gasteiger partial charge on any atom is -0.325 e. The van der Waals surface area contributed by atoms with Crippen LogP contribution in [0.25, 0.3) is 0 Å². The van der Waals surface area contributed by atoms with Crippen LogP contribution in [-0.2, 0) is 10.5 Å². The number of thioether (sulfide) groups is 2. The predicted octanol–water partition coefficient (Wildman–Crippen LogP) is 6.72. The first-order chi connectivity index (χ1) is 13.5. The maximum Gasteiger partial charge on any atom is 0.237 e. The number of benzene rings is 3. The molecule has 2 nitrogen and oxygen atoms in total. The Labute approximate surface area is 176 Å². The summed E-state index contributed by atoms with van der Waals surface area (Å²) < 4.78 is 0. The molecule has 0 aromatic heterocycles. The molecule has 0 saturated heterocycles. The Balaban J connectivity index is 1.57. The van der Waals surface area contributed by atoms with Crippen molar-refractivity contribution < 1.29 is 4.79 Å². The molecule has 1 amide bonds. The van der Waals surface area contributed by atoms with Crippen molar-refractivity contribution in [1.82, 2.24) is 0 Å². The fourth-order valence-corrected chi connectivity index (χ4v) is 4.48. The number of hydrogen-bond donors (Lipinski definition) is 1. The summed E-state index contributed by atoms with van der Waals surface area (Å²) in [6.45, 7) is 6.06. The quantitative estimate of drug-likeness (QED) is 0.441. The zero-order chi connectivity index (χ0) is 19.9. The van der Waals surface area contributed by atoms with Gasteiger partial charge in [0.25, 0.3) is 0 Å². The van der Waals surface area contributed by atoms with Crippen LogP contribution in [0.1, 0.15) is 23.6 Å². The van der Waals surface area contributed by atoms with Crippen molar-refractivity contribution in [3.63, 3.8) is 0 Å². The van der Waals surface area contributed by atoms with Crippen LogP contribution < -0.4 is 5.32 Å². The van der Waals surface area contributed by atoms with E-state index in [1.165, 1.54) is 16.0 Å². The van der Waals surface area contributed by atoms with Gasteiger partial charge in [-0.1, -0.05) is 48.0 Å². The second kappa shape index (κ2) is 9.85. The summed E-state index contributed by atoms with van der Waals surface area (Å²) in [7, 11) is 0. The highest BCUT2D eigenvalue weighted by molar-refractivity contribution is 8.00. The SMILES string of the molecule is Cc1ccc(S[C@H](C)C(=O)Nc2ccc(CSc3ccccc3)cc2C)cc1. The van der Waals surface area contributed by atoms with E-state index in [-0.39, 0.29) is 11.2 Å². The Morgan fingerprint density at radius 1 is 0.929 bits per heavy atom. The van der Waals surface area contributed by atoms with Gasteiger partial charge in [-0.15, -0.1) is 23.5 Å². The van der Waals surface area contributed by atoms with E-state index in [1.807, 2.05) is 37.7 Å². The first kappa shape index (κ1) is 20.6. The summed E-state index contributed by atoms with van der Waals surface area (Å²) >= 11 is 3.40. The van der Waals surface area contributed by atoms with Crippen molar-refractivity contribution in [2.24, 2.45) is 0 Å². The molecule has 0 aliphatic rings. The van der Waals surface area contributed by atoms with Gasteiger partial charge < -0.3 is 5.32 Å².